The minimum atomic E-state index is -3.62. The minimum absolute atomic E-state index is 0.0117. The average molecular weight is 495 g/mol. The second kappa shape index (κ2) is 11.0. The molecule has 32 heavy (non-hydrogen) atoms. The fourth-order valence-electron chi connectivity index (χ4n) is 3.08. The molecule has 3 rings (SSSR count). The largest absolute Gasteiger partial charge is 0.368 e. The van der Waals surface area contributed by atoms with Crippen LogP contribution in [-0.4, -0.2) is 57.6 Å². The Bertz CT molecular complexity index is 1130. The van der Waals surface area contributed by atoms with E-state index in [0.29, 0.717) is 11.6 Å². The SMILES string of the molecule is CN(Cc1ccc(C2=NCCN2)cc1)C(=O)C=CCNCS(=O)(=O)c1ccc(Cl)cc1Cl. The molecule has 1 aliphatic heterocycles. The predicted molar refractivity (Wildman–Crippen MR) is 128 cm³/mol. The van der Waals surface area contributed by atoms with E-state index in [0.717, 1.165) is 30.1 Å². The number of hydrogen-bond acceptors (Lipinski definition) is 6. The van der Waals surface area contributed by atoms with Gasteiger partial charge in [0.15, 0.2) is 9.84 Å². The van der Waals surface area contributed by atoms with Gasteiger partial charge >= 0.3 is 0 Å². The minimum Gasteiger partial charge on any atom is -0.368 e. The number of aliphatic imine (C=N–C) groups is 1. The molecule has 0 bridgehead atoms. The van der Waals surface area contributed by atoms with Crippen LogP contribution < -0.4 is 10.6 Å². The molecule has 1 amide bonds. The Hall–Kier alpha value is -2.39. The number of nitrogens with one attached hydrogen (secondary N) is 2. The zero-order valence-electron chi connectivity index (χ0n) is 17.5. The maximum atomic E-state index is 12.4. The van der Waals surface area contributed by atoms with Crippen molar-refractivity contribution in [3.05, 3.63) is 75.8 Å². The molecule has 0 saturated carbocycles. The molecule has 0 spiro atoms. The van der Waals surface area contributed by atoms with Crippen LogP contribution in [0.25, 0.3) is 0 Å². The van der Waals surface area contributed by atoms with Crippen molar-refractivity contribution in [2.45, 2.75) is 11.4 Å². The number of hydrogen-bond donors (Lipinski definition) is 2. The fraction of sp³-hybridized carbons (Fsp3) is 0.273. The third kappa shape index (κ3) is 6.56. The van der Waals surface area contributed by atoms with Gasteiger partial charge in [-0.1, -0.05) is 53.5 Å². The quantitative estimate of drug-likeness (QED) is 0.413. The van der Waals surface area contributed by atoms with E-state index in [1.807, 2.05) is 24.3 Å². The first kappa shape index (κ1) is 24.3. The topological polar surface area (TPSA) is 90.9 Å². The maximum Gasteiger partial charge on any atom is 0.246 e. The lowest BCUT2D eigenvalue weighted by molar-refractivity contribution is -0.125. The van der Waals surface area contributed by atoms with Gasteiger partial charge in [-0.25, -0.2) is 8.42 Å². The molecule has 0 fully saturated rings. The number of carbonyl (C=O) groups is 1. The molecular weight excluding hydrogens is 471 g/mol. The number of nitrogens with zero attached hydrogens (tertiary/aromatic N) is 2. The third-order valence-corrected chi connectivity index (χ3v) is 7.01. The lowest BCUT2D eigenvalue weighted by Crippen LogP contribution is -2.26. The summed E-state index contributed by atoms with van der Waals surface area (Å²) >= 11 is 11.8. The first-order valence-corrected chi connectivity index (χ1v) is 12.3. The lowest BCUT2D eigenvalue weighted by atomic mass is 10.1. The van der Waals surface area contributed by atoms with E-state index in [9.17, 15) is 13.2 Å². The van der Waals surface area contributed by atoms with Crippen molar-refractivity contribution in [3.8, 4) is 0 Å². The van der Waals surface area contributed by atoms with Crippen LogP contribution in [-0.2, 0) is 21.2 Å². The first-order chi connectivity index (χ1) is 15.3. The van der Waals surface area contributed by atoms with Crippen LogP contribution in [0.15, 0.2) is 64.5 Å². The number of amides is 1. The zero-order chi connectivity index (χ0) is 23.1. The predicted octanol–water partition coefficient (Wildman–Crippen LogP) is 2.88. The summed E-state index contributed by atoms with van der Waals surface area (Å²) in [6, 6.07) is 12.1. The van der Waals surface area contributed by atoms with Gasteiger partial charge in [-0.15, -0.1) is 0 Å². The van der Waals surface area contributed by atoms with E-state index in [4.69, 9.17) is 23.2 Å². The Labute approximate surface area is 198 Å². The Morgan fingerprint density at radius 1 is 1.22 bits per heavy atom. The molecule has 1 aliphatic rings. The normalized spacial score (nSPS) is 13.8. The number of rotatable bonds is 9. The Morgan fingerprint density at radius 3 is 2.62 bits per heavy atom. The van der Waals surface area contributed by atoms with Gasteiger partial charge in [-0.05, 0) is 23.8 Å². The van der Waals surface area contributed by atoms with E-state index < -0.39 is 9.84 Å². The Kier molecular flexibility index (Phi) is 8.31. The maximum absolute atomic E-state index is 12.4. The second-order valence-corrected chi connectivity index (χ2v) is 10.0. The van der Waals surface area contributed by atoms with E-state index in [1.165, 1.54) is 24.3 Å². The number of likely N-dealkylation sites (N-methyl/N-ethyl adjacent to an activating group) is 1. The molecule has 2 aromatic rings. The van der Waals surface area contributed by atoms with Crippen LogP contribution in [0.5, 0.6) is 0 Å². The summed E-state index contributed by atoms with van der Waals surface area (Å²) in [6.45, 7) is 2.32. The molecule has 0 radical (unpaired) electrons. The van der Waals surface area contributed by atoms with Gasteiger partial charge in [0.2, 0.25) is 5.91 Å². The van der Waals surface area contributed by atoms with Crippen LogP contribution >= 0.6 is 23.2 Å². The van der Waals surface area contributed by atoms with E-state index in [1.54, 1.807) is 18.0 Å². The monoisotopic (exact) mass is 494 g/mol. The highest BCUT2D eigenvalue weighted by Crippen LogP contribution is 2.25. The summed E-state index contributed by atoms with van der Waals surface area (Å²) in [6.07, 6.45) is 3.01. The van der Waals surface area contributed by atoms with Gasteiger partial charge < -0.3 is 10.2 Å². The van der Waals surface area contributed by atoms with Crippen molar-refractivity contribution < 1.29 is 13.2 Å². The number of halogens is 2. The van der Waals surface area contributed by atoms with E-state index >= 15 is 0 Å². The van der Waals surface area contributed by atoms with Crippen LogP contribution in [0.3, 0.4) is 0 Å². The highest BCUT2D eigenvalue weighted by Gasteiger charge is 2.17. The van der Waals surface area contributed by atoms with Crippen molar-refractivity contribution in [1.82, 2.24) is 15.5 Å². The summed E-state index contributed by atoms with van der Waals surface area (Å²) in [5.41, 5.74) is 2.03. The molecule has 0 aliphatic carbocycles. The van der Waals surface area contributed by atoms with Gasteiger partial charge in [-0.3, -0.25) is 15.1 Å². The smallest absolute Gasteiger partial charge is 0.246 e. The summed E-state index contributed by atoms with van der Waals surface area (Å²) in [5.74, 6) is 0.410. The summed E-state index contributed by atoms with van der Waals surface area (Å²) in [7, 11) is -1.91. The molecule has 2 aromatic carbocycles. The van der Waals surface area contributed by atoms with Crippen LogP contribution in [0.1, 0.15) is 11.1 Å². The number of sulfone groups is 1. The van der Waals surface area contributed by atoms with E-state index in [-0.39, 0.29) is 28.2 Å². The van der Waals surface area contributed by atoms with Crippen molar-refractivity contribution in [1.29, 1.82) is 0 Å². The molecule has 0 saturated heterocycles. The zero-order valence-corrected chi connectivity index (χ0v) is 19.8. The van der Waals surface area contributed by atoms with Gasteiger partial charge in [0.05, 0.1) is 16.5 Å². The standard InChI is InChI=1S/C22H24Cl2N4O3S/c1-28(14-16-4-6-17(7-5-16)22-26-11-12-27-22)21(29)3-2-10-25-15-32(30,31)20-9-8-18(23)13-19(20)24/h2-9,13,25H,10-12,14-15H2,1H3,(H,26,27). The Balaban J connectivity index is 1.45. The number of carbonyl (C=O) groups excluding carboxylic acids is 1. The van der Waals surface area contributed by atoms with Crippen molar-refractivity contribution in [2.75, 3.05) is 32.6 Å². The third-order valence-electron chi connectivity index (χ3n) is 4.74. The van der Waals surface area contributed by atoms with E-state index in [2.05, 4.69) is 15.6 Å². The molecule has 0 aromatic heterocycles. The van der Waals surface area contributed by atoms with Gasteiger partial charge in [-0.2, -0.15) is 0 Å². The van der Waals surface area contributed by atoms with Gasteiger partial charge in [0, 0.05) is 43.3 Å². The lowest BCUT2D eigenvalue weighted by Gasteiger charge is -2.15. The van der Waals surface area contributed by atoms with Crippen molar-refractivity contribution >= 4 is 44.8 Å². The summed E-state index contributed by atoms with van der Waals surface area (Å²) in [5, 5.41) is 6.46. The highest BCUT2D eigenvalue weighted by atomic mass is 35.5. The molecular formula is C22H24Cl2N4O3S. The average Bonchev–Trinajstić information content (AvgIpc) is 3.28. The number of benzene rings is 2. The molecule has 7 nitrogen and oxygen atoms in total. The van der Waals surface area contributed by atoms with Gasteiger partial charge in [0.1, 0.15) is 11.7 Å². The molecule has 2 N–H and O–H groups in total. The second-order valence-electron chi connectivity index (χ2n) is 7.24. The first-order valence-electron chi connectivity index (χ1n) is 9.94. The Morgan fingerprint density at radius 2 is 1.97 bits per heavy atom. The summed E-state index contributed by atoms with van der Waals surface area (Å²) in [4.78, 5) is 18.3. The highest BCUT2D eigenvalue weighted by molar-refractivity contribution is 7.91. The van der Waals surface area contributed by atoms with Gasteiger partial charge in [0.25, 0.3) is 0 Å². The van der Waals surface area contributed by atoms with Crippen LogP contribution in [0.4, 0.5) is 0 Å². The molecule has 0 unspecified atom stereocenters. The summed E-state index contributed by atoms with van der Waals surface area (Å²) < 4.78 is 24.8. The molecule has 1 heterocycles. The molecule has 170 valence electrons. The fourth-order valence-corrected chi connectivity index (χ4v) is 5.01. The van der Waals surface area contributed by atoms with Crippen molar-refractivity contribution in [3.63, 3.8) is 0 Å². The number of amidine groups is 1. The van der Waals surface area contributed by atoms with Crippen molar-refractivity contribution in [2.24, 2.45) is 4.99 Å². The van der Waals surface area contributed by atoms with Crippen LogP contribution in [0, 0.1) is 0 Å². The molecule has 10 heteroatoms. The molecule has 0 atom stereocenters. The van der Waals surface area contributed by atoms with Crippen LogP contribution in [0.2, 0.25) is 10.0 Å².